The largest absolute Gasteiger partial charge is 0.357 e. The molecule has 0 aromatic carbocycles. The lowest BCUT2D eigenvalue weighted by Gasteiger charge is -2.10. The topological polar surface area (TPSA) is 49.3 Å². The smallest absolute Gasteiger partial charge is 0.191 e. The van der Waals surface area contributed by atoms with Crippen LogP contribution in [0.2, 0.25) is 0 Å². The fourth-order valence-corrected chi connectivity index (χ4v) is 2.41. The molecule has 2 aromatic rings. The van der Waals surface area contributed by atoms with E-state index in [2.05, 4.69) is 58.0 Å². The zero-order valence-corrected chi connectivity index (χ0v) is 15.4. The number of rotatable bonds is 5. The number of aromatic nitrogens is 1. The zero-order valence-electron chi connectivity index (χ0n) is 12.3. The molecule has 6 heteroatoms. The highest BCUT2D eigenvalue weighted by atomic mass is 127. The second-order valence-electron chi connectivity index (χ2n) is 4.40. The monoisotopic (exact) mass is 416 g/mol. The lowest BCUT2D eigenvalue weighted by atomic mass is 10.2. The summed E-state index contributed by atoms with van der Waals surface area (Å²) < 4.78 is 0. The van der Waals surface area contributed by atoms with Crippen molar-refractivity contribution in [1.82, 2.24) is 15.6 Å². The summed E-state index contributed by atoms with van der Waals surface area (Å²) in [5.41, 5.74) is 2.19. The summed E-state index contributed by atoms with van der Waals surface area (Å²) in [6.07, 6.45) is 1.81. The van der Waals surface area contributed by atoms with Gasteiger partial charge in [-0.15, -0.1) is 35.3 Å². The highest BCUT2D eigenvalue weighted by Crippen LogP contribution is 2.07. The molecule has 2 N–H and O–H groups in total. The molecule has 0 unspecified atom stereocenters. The normalized spacial score (nSPS) is 10.9. The molecule has 0 bridgehead atoms. The predicted molar refractivity (Wildman–Crippen MR) is 100 cm³/mol. The van der Waals surface area contributed by atoms with Crippen LogP contribution in [-0.4, -0.2) is 17.5 Å². The SMILES string of the molecule is CCNC(=NCc1ncccc1C)NCc1cccs1.I. The number of hydrogen-bond acceptors (Lipinski definition) is 3. The molecular formula is C15H21IN4S. The molecule has 0 spiro atoms. The zero-order chi connectivity index (χ0) is 14.2. The average Bonchev–Trinajstić information content (AvgIpc) is 2.97. The molecule has 114 valence electrons. The van der Waals surface area contributed by atoms with Crippen LogP contribution in [0.5, 0.6) is 0 Å². The molecule has 0 fully saturated rings. The van der Waals surface area contributed by atoms with Gasteiger partial charge in [-0.25, -0.2) is 4.99 Å². The third-order valence-electron chi connectivity index (χ3n) is 2.86. The maximum Gasteiger partial charge on any atom is 0.191 e. The molecule has 0 aliphatic heterocycles. The summed E-state index contributed by atoms with van der Waals surface area (Å²) in [7, 11) is 0. The van der Waals surface area contributed by atoms with Crippen LogP contribution < -0.4 is 10.6 Å². The van der Waals surface area contributed by atoms with E-state index in [0.29, 0.717) is 6.54 Å². The van der Waals surface area contributed by atoms with Gasteiger partial charge in [0.05, 0.1) is 18.8 Å². The minimum absolute atomic E-state index is 0. The van der Waals surface area contributed by atoms with Crippen LogP contribution in [0.4, 0.5) is 0 Å². The number of halogens is 1. The third-order valence-corrected chi connectivity index (χ3v) is 3.74. The Hall–Kier alpha value is -1.15. The Labute approximate surface area is 147 Å². The van der Waals surface area contributed by atoms with Crippen molar-refractivity contribution in [1.29, 1.82) is 0 Å². The lowest BCUT2D eigenvalue weighted by molar-refractivity contribution is 0.817. The molecule has 0 aliphatic rings. The van der Waals surface area contributed by atoms with Crippen LogP contribution in [0, 0.1) is 6.92 Å². The molecule has 0 radical (unpaired) electrons. The maximum atomic E-state index is 4.58. The van der Waals surface area contributed by atoms with Gasteiger partial charge in [0.25, 0.3) is 0 Å². The first-order chi connectivity index (χ1) is 9.79. The average molecular weight is 416 g/mol. The number of guanidine groups is 1. The van der Waals surface area contributed by atoms with Crippen LogP contribution in [-0.2, 0) is 13.1 Å². The molecule has 0 saturated heterocycles. The summed E-state index contributed by atoms with van der Waals surface area (Å²) in [5, 5.41) is 8.67. The third kappa shape index (κ3) is 6.01. The Bertz CT molecular complexity index is 555. The van der Waals surface area contributed by atoms with Crippen LogP contribution in [0.25, 0.3) is 0 Å². The minimum atomic E-state index is 0. The number of pyridine rings is 1. The molecule has 2 aromatic heterocycles. The highest BCUT2D eigenvalue weighted by molar-refractivity contribution is 14.0. The molecule has 2 heterocycles. The van der Waals surface area contributed by atoms with Gasteiger partial charge in [0.15, 0.2) is 5.96 Å². The summed E-state index contributed by atoms with van der Waals surface area (Å²) >= 11 is 1.74. The Morgan fingerprint density at radius 1 is 1.29 bits per heavy atom. The van der Waals surface area contributed by atoms with Gasteiger partial charge in [-0.05, 0) is 36.9 Å². The molecule has 0 atom stereocenters. The van der Waals surface area contributed by atoms with Crippen molar-refractivity contribution in [2.45, 2.75) is 26.9 Å². The van der Waals surface area contributed by atoms with Gasteiger partial charge in [0, 0.05) is 17.6 Å². The second kappa shape index (κ2) is 9.73. The standard InChI is InChI=1S/C15H20N4S.HI/c1-3-16-15(18-10-13-7-5-9-20-13)19-11-14-12(2)6-4-8-17-14;/h4-9H,3,10-11H2,1-2H3,(H2,16,18,19);1H. The van der Waals surface area contributed by atoms with Gasteiger partial charge in [-0.2, -0.15) is 0 Å². The van der Waals surface area contributed by atoms with Crippen molar-refractivity contribution >= 4 is 41.3 Å². The van der Waals surface area contributed by atoms with Crippen molar-refractivity contribution in [3.05, 3.63) is 52.0 Å². The molecular weight excluding hydrogens is 395 g/mol. The first-order valence-corrected chi connectivity index (χ1v) is 7.62. The molecule has 2 rings (SSSR count). The van der Waals surface area contributed by atoms with Gasteiger partial charge < -0.3 is 10.6 Å². The molecule has 4 nitrogen and oxygen atoms in total. The quantitative estimate of drug-likeness (QED) is 0.447. The Balaban J connectivity index is 0.00000220. The van der Waals surface area contributed by atoms with Crippen LogP contribution in [0.3, 0.4) is 0 Å². The van der Waals surface area contributed by atoms with E-state index in [-0.39, 0.29) is 24.0 Å². The van der Waals surface area contributed by atoms with Gasteiger partial charge in [-0.1, -0.05) is 12.1 Å². The lowest BCUT2D eigenvalue weighted by Crippen LogP contribution is -2.36. The number of nitrogens with one attached hydrogen (secondary N) is 2. The van der Waals surface area contributed by atoms with Gasteiger partial charge >= 0.3 is 0 Å². The maximum absolute atomic E-state index is 4.58. The Kier molecular flexibility index (Phi) is 8.29. The van der Waals surface area contributed by atoms with E-state index in [0.717, 1.165) is 24.7 Å². The fraction of sp³-hybridized carbons (Fsp3) is 0.333. The van der Waals surface area contributed by atoms with E-state index < -0.39 is 0 Å². The summed E-state index contributed by atoms with van der Waals surface area (Å²) in [4.78, 5) is 10.2. The number of nitrogens with zero attached hydrogens (tertiary/aromatic N) is 2. The van der Waals surface area contributed by atoms with Crippen molar-refractivity contribution in [2.75, 3.05) is 6.54 Å². The van der Waals surface area contributed by atoms with Gasteiger partial charge in [0.2, 0.25) is 0 Å². The number of aryl methyl sites for hydroxylation is 1. The van der Waals surface area contributed by atoms with Gasteiger partial charge in [0.1, 0.15) is 0 Å². The summed E-state index contributed by atoms with van der Waals surface area (Å²) in [6, 6.07) is 8.18. The van der Waals surface area contributed by atoms with Crippen LogP contribution in [0.15, 0.2) is 40.8 Å². The summed E-state index contributed by atoms with van der Waals surface area (Å²) in [5.74, 6) is 0.825. The molecule has 0 aliphatic carbocycles. The summed E-state index contributed by atoms with van der Waals surface area (Å²) in [6.45, 7) is 6.35. The fourth-order valence-electron chi connectivity index (χ4n) is 1.76. The Morgan fingerprint density at radius 2 is 2.14 bits per heavy atom. The number of aliphatic imine (C=N–C) groups is 1. The van der Waals surface area contributed by atoms with E-state index in [9.17, 15) is 0 Å². The predicted octanol–water partition coefficient (Wildman–Crippen LogP) is 3.32. The van der Waals surface area contributed by atoms with E-state index in [4.69, 9.17) is 0 Å². The Morgan fingerprint density at radius 3 is 2.81 bits per heavy atom. The first kappa shape index (κ1) is 17.9. The molecule has 0 amide bonds. The molecule has 21 heavy (non-hydrogen) atoms. The molecule has 0 saturated carbocycles. The van der Waals surface area contributed by atoms with Crippen molar-refractivity contribution < 1.29 is 0 Å². The van der Waals surface area contributed by atoms with Crippen molar-refractivity contribution in [3.63, 3.8) is 0 Å². The minimum Gasteiger partial charge on any atom is -0.357 e. The van der Waals surface area contributed by atoms with Crippen LogP contribution in [0.1, 0.15) is 23.1 Å². The number of thiophene rings is 1. The van der Waals surface area contributed by atoms with E-state index in [1.807, 2.05) is 12.3 Å². The van der Waals surface area contributed by atoms with E-state index >= 15 is 0 Å². The van der Waals surface area contributed by atoms with Crippen LogP contribution >= 0.6 is 35.3 Å². The van der Waals surface area contributed by atoms with Gasteiger partial charge in [-0.3, -0.25) is 4.98 Å². The first-order valence-electron chi connectivity index (χ1n) is 6.74. The van der Waals surface area contributed by atoms with Crippen molar-refractivity contribution in [3.8, 4) is 0 Å². The van der Waals surface area contributed by atoms with E-state index in [1.54, 1.807) is 11.3 Å². The number of hydrogen-bond donors (Lipinski definition) is 2. The van der Waals surface area contributed by atoms with Crippen molar-refractivity contribution in [2.24, 2.45) is 4.99 Å². The second-order valence-corrected chi connectivity index (χ2v) is 5.43. The van der Waals surface area contributed by atoms with E-state index in [1.165, 1.54) is 10.4 Å². The highest BCUT2D eigenvalue weighted by Gasteiger charge is 2.01.